The van der Waals surface area contributed by atoms with Crippen LogP contribution in [0, 0.1) is 12.3 Å². The summed E-state index contributed by atoms with van der Waals surface area (Å²) in [5, 5.41) is 15.5. The van der Waals surface area contributed by atoms with Crippen molar-refractivity contribution in [2.24, 2.45) is 5.41 Å². The van der Waals surface area contributed by atoms with E-state index in [4.69, 9.17) is 9.82 Å². The molecule has 42 heavy (non-hydrogen) atoms. The van der Waals surface area contributed by atoms with Gasteiger partial charge in [0.25, 0.3) is 5.91 Å². The second kappa shape index (κ2) is 10.3. The molecule has 2 fully saturated rings. The summed E-state index contributed by atoms with van der Waals surface area (Å²) < 4.78 is 45.2. The average Bonchev–Trinajstić information content (AvgIpc) is 3.47. The number of alkyl halides is 3. The van der Waals surface area contributed by atoms with Crippen LogP contribution < -0.4 is 15.1 Å². The highest BCUT2D eigenvalue weighted by atomic mass is 79.9. The topological polar surface area (TPSA) is 101 Å². The number of nitrogens with one attached hydrogen (secondary N) is 1. The first-order valence-electron chi connectivity index (χ1n) is 13.6. The lowest BCUT2D eigenvalue weighted by molar-refractivity contribution is -0.274. The first-order valence-corrected chi connectivity index (χ1v) is 14.4. The summed E-state index contributed by atoms with van der Waals surface area (Å²) in [7, 11) is 0. The van der Waals surface area contributed by atoms with Gasteiger partial charge in [-0.05, 0) is 68.9 Å². The number of ether oxygens (including phenoxy) is 1. The van der Waals surface area contributed by atoms with Gasteiger partial charge in [-0.3, -0.25) is 14.4 Å². The molecule has 2 N–H and O–H groups in total. The van der Waals surface area contributed by atoms with Crippen LogP contribution in [0.1, 0.15) is 53.6 Å². The lowest BCUT2D eigenvalue weighted by Crippen LogP contribution is -2.57. The summed E-state index contributed by atoms with van der Waals surface area (Å²) in [6.45, 7) is 2.93. The number of carboxylic acid groups (broad SMARTS) is 1. The Balaban J connectivity index is 1.48. The molecule has 3 aliphatic carbocycles. The number of fused-ring (bicyclic) bond motifs is 3. The number of carbonyl (C=O) groups is 2. The number of hydrogen-bond acceptors (Lipinski definition) is 6. The standard InChI is InChI=1S/C30H27BrF3N3O5/c1-17-24(20-15-18(31)7-8-22(20)35-25(17)37-13-4-14-41-37)26(38)36-29-11-9-28(10-12-29,27(39)40)16-21(29)19-5-2-3-6-23(19)42-30(32,33)34/h2-3,5-8,15-16H,4,9-14H2,1H3,(H,36,38)(H,39,40). The van der Waals surface area contributed by atoms with E-state index in [1.165, 1.54) is 24.3 Å². The fourth-order valence-electron chi connectivity index (χ4n) is 6.40. The third-order valence-electron chi connectivity index (χ3n) is 8.49. The number of rotatable bonds is 6. The molecule has 1 saturated carbocycles. The highest BCUT2D eigenvalue weighted by Gasteiger charge is 2.54. The molecule has 1 saturated heterocycles. The molecule has 2 aromatic carbocycles. The number of amides is 1. The van der Waals surface area contributed by atoms with E-state index in [0.717, 1.165) is 10.9 Å². The van der Waals surface area contributed by atoms with Gasteiger partial charge in [-0.15, -0.1) is 13.2 Å². The van der Waals surface area contributed by atoms with Gasteiger partial charge < -0.3 is 15.2 Å². The molecule has 2 heterocycles. The van der Waals surface area contributed by atoms with Gasteiger partial charge in [0.2, 0.25) is 0 Å². The molecule has 12 heteroatoms. The normalized spacial score (nSPS) is 23.6. The Hall–Kier alpha value is -3.64. The second-order valence-electron chi connectivity index (χ2n) is 11.0. The minimum Gasteiger partial charge on any atom is -0.481 e. The number of carboxylic acids is 1. The Labute approximate surface area is 247 Å². The summed E-state index contributed by atoms with van der Waals surface area (Å²) >= 11 is 3.48. The maximum absolute atomic E-state index is 14.3. The number of pyridine rings is 1. The smallest absolute Gasteiger partial charge is 0.481 e. The van der Waals surface area contributed by atoms with Crippen molar-refractivity contribution < 1.29 is 37.4 Å². The summed E-state index contributed by atoms with van der Waals surface area (Å²) in [4.78, 5) is 37.2. The molecular weight excluding hydrogens is 619 g/mol. The van der Waals surface area contributed by atoms with Crippen molar-refractivity contribution in [1.82, 2.24) is 10.3 Å². The highest BCUT2D eigenvalue weighted by molar-refractivity contribution is 9.10. The third kappa shape index (κ3) is 4.90. The van der Waals surface area contributed by atoms with Gasteiger partial charge >= 0.3 is 12.3 Å². The first-order chi connectivity index (χ1) is 19.9. The van der Waals surface area contributed by atoms with Gasteiger partial charge in [-0.1, -0.05) is 40.2 Å². The van der Waals surface area contributed by atoms with Crippen molar-refractivity contribution in [3.8, 4) is 5.75 Å². The third-order valence-corrected chi connectivity index (χ3v) is 8.99. The van der Waals surface area contributed by atoms with E-state index in [1.54, 1.807) is 30.2 Å². The predicted octanol–water partition coefficient (Wildman–Crippen LogP) is 6.56. The second-order valence-corrected chi connectivity index (χ2v) is 11.9. The molecule has 0 atom stereocenters. The lowest BCUT2D eigenvalue weighted by Gasteiger charge is -2.51. The number of nitrogens with zero attached hydrogens (tertiary/aromatic N) is 2. The van der Waals surface area contributed by atoms with Crippen molar-refractivity contribution in [3.05, 3.63) is 69.7 Å². The fraction of sp³-hybridized carbons (Fsp3) is 0.367. The van der Waals surface area contributed by atoms with Crippen LogP contribution in [0.5, 0.6) is 5.75 Å². The zero-order chi connectivity index (χ0) is 29.9. The maximum Gasteiger partial charge on any atom is 0.573 e. The molecular formula is C30H27BrF3N3O5. The lowest BCUT2D eigenvalue weighted by atomic mass is 9.57. The summed E-state index contributed by atoms with van der Waals surface area (Å²) in [6, 6.07) is 11.1. The largest absolute Gasteiger partial charge is 0.573 e. The number of halogens is 4. The van der Waals surface area contributed by atoms with E-state index < -0.39 is 34.9 Å². The van der Waals surface area contributed by atoms with Crippen molar-refractivity contribution in [2.45, 2.75) is 50.9 Å². The molecule has 8 nitrogen and oxygen atoms in total. The zero-order valence-electron chi connectivity index (χ0n) is 22.6. The molecule has 1 aromatic heterocycles. The molecule has 0 radical (unpaired) electrons. The van der Waals surface area contributed by atoms with E-state index in [9.17, 15) is 27.9 Å². The molecule has 220 valence electrons. The summed E-state index contributed by atoms with van der Waals surface area (Å²) in [5.41, 5.74) is -0.458. The van der Waals surface area contributed by atoms with Crippen molar-refractivity contribution in [2.75, 3.05) is 18.2 Å². The minimum atomic E-state index is -4.96. The summed E-state index contributed by atoms with van der Waals surface area (Å²) in [6.07, 6.45) is -1.73. The number of anilines is 1. The molecule has 7 rings (SSSR count). The highest BCUT2D eigenvalue weighted by Crippen LogP contribution is 2.56. The fourth-order valence-corrected chi connectivity index (χ4v) is 6.77. The summed E-state index contributed by atoms with van der Waals surface area (Å²) in [5.74, 6) is -1.43. The van der Waals surface area contributed by atoms with Gasteiger partial charge in [0.05, 0.1) is 28.6 Å². The minimum absolute atomic E-state index is 0.0883. The molecule has 0 unspecified atom stereocenters. The monoisotopic (exact) mass is 645 g/mol. The number of benzene rings is 2. The number of para-hydroxylation sites is 1. The first kappa shape index (κ1) is 28.5. The average molecular weight is 646 g/mol. The van der Waals surface area contributed by atoms with Crippen LogP contribution in [0.2, 0.25) is 0 Å². The van der Waals surface area contributed by atoms with Crippen molar-refractivity contribution in [1.29, 1.82) is 0 Å². The van der Waals surface area contributed by atoms with Crippen molar-refractivity contribution in [3.63, 3.8) is 0 Å². The van der Waals surface area contributed by atoms with Crippen LogP contribution in [-0.2, 0) is 9.63 Å². The molecule has 0 spiro atoms. The van der Waals surface area contributed by atoms with Crippen LogP contribution in [0.4, 0.5) is 19.0 Å². The van der Waals surface area contributed by atoms with Gasteiger partial charge in [0.1, 0.15) is 5.75 Å². The quantitative estimate of drug-likeness (QED) is 0.313. The zero-order valence-corrected chi connectivity index (χ0v) is 24.1. The van der Waals surface area contributed by atoms with Crippen LogP contribution >= 0.6 is 15.9 Å². The number of hydroxylamine groups is 1. The van der Waals surface area contributed by atoms with E-state index in [0.29, 0.717) is 46.6 Å². The maximum atomic E-state index is 14.3. The molecule has 1 amide bonds. The predicted molar refractivity (Wildman–Crippen MR) is 152 cm³/mol. The Morgan fingerprint density at radius 3 is 2.55 bits per heavy atom. The molecule has 2 bridgehead atoms. The van der Waals surface area contributed by atoms with Crippen LogP contribution in [0.15, 0.2) is 53.0 Å². The Morgan fingerprint density at radius 2 is 1.88 bits per heavy atom. The number of hydrogen-bond donors (Lipinski definition) is 2. The molecule has 3 aromatic rings. The van der Waals surface area contributed by atoms with Crippen LogP contribution in [0.3, 0.4) is 0 Å². The van der Waals surface area contributed by atoms with Gasteiger partial charge in [-0.2, -0.15) is 0 Å². The molecule has 4 aliphatic rings. The molecule has 1 aliphatic heterocycles. The van der Waals surface area contributed by atoms with Crippen LogP contribution in [-0.4, -0.2) is 47.0 Å². The number of aromatic nitrogens is 1. The van der Waals surface area contributed by atoms with Crippen molar-refractivity contribution >= 4 is 50.1 Å². The Bertz CT molecular complexity index is 1630. The van der Waals surface area contributed by atoms with E-state index >= 15 is 0 Å². The number of aliphatic carboxylic acids is 1. The number of carbonyl (C=O) groups excluding carboxylic acids is 1. The van der Waals surface area contributed by atoms with Crippen LogP contribution in [0.25, 0.3) is 16.5 Å². The van der Waals surface area contributed by atoms with Gasteiger partial charge in [-0.25, -0.2) is 10.0 Å². The Kier molecular flexibility index (Phi) is 6.96. The van der Waals surface area contributed by atoms with E-state index in [-0.39, 0.29) is 31.2 Å². The van der Waals surface area contributed by atoms with E-state index in [1.807, 2.05) is 6.07 Å². The Morgan fingerprint density at radius 1 is 1.14 bits per heavy atom. The van der Waals surface area contributed by atoms with E-state index in [2.05, 4.69) is 26.0 Å². The van der Waals surface area contributed by atoms with Gasteiger partial charge in [0.15, 0.2) is 5.82 Å². The SMILES string of the molecule is Cc1c(N2CCCO2)nc2ccc(Br)cc2c1C(=O)NC12CCC(C(=O)O)(C=C1c1ccccc1OC(F)(F)F)CC2. The van der Waals surface area contributed by atoms with Gasteiger partial charge in [0, 0.05) is 27.5 Å².